The van der Waals surface area contributed by atoms with E-state index in [0.29, 0.717) is 0 Å². The average molecular weight is 228 g/mol. The Morgan fingerprint density at radius 1 is 0.875 bits per heavy atom. The minimum atomic E-state index is -0.595. The molecule has 0 saturated heterocycles. The lowest BCUT2D eigenvalue weighted by atomic mass is 9.95. The van der Waals surface area contributed by atoms with Crippen LogP contribution in [-0.2, 0) is 4.79 Å². The number of aliphatic carboxylic acids is 1. The van der Waals surface area contributed by atoms with E-state index in [9.17, 15) is 4.79 Å². The zero-order chi connectivity index (χ0) is 12.2. The van der Waals surface area contributed by atoms with Gasteiger partial charge >= 0.3 is 5.97 Å². The molecule has 0 rings (SSSR count). The minimum Gasteiger partial charge on any atom is -0.481 e. The summed E-state index contributed by atoms with van der Waals surface area (Å²) in [4.78, 5) is 11.0. The molecule has 0 aromatic heterocycles. The summed E-state index contributed by atoms with van der Waals surface area (Å²) in [6.45, 7) is 4.33. The monoisotopic (exact) mass is 228 g/mol. The second-order valence-corrected chi connectivity index (χ2v) is 4.73. The predicted molar refractivity (Wildman–Crippen MR) is 68.6 cm³/mol. The maximum Gasteiger partial charge on any atom is 0.306 e. The first-order chi connectivity index (χ1) is 7.72. The summed E-state index contributed by atoms with van der Waals surface area (Å²) in [5.74, 6) is -0.687. The molecular formula is C14H28O2. The third kappa shape index (κ3) is 8.75. The molecular weight excluding hydrogens is 200 g/mol. The Morgan fingerprint density at radius 3 is 1.94 bits per heavy atom. The van der Waals surface area contributed by atoms with Crippen molar-refractivity contribution in [3.8, 4) is 0 Å². The Bertz CT molecular complexity index is 166. The van der Waals surface area contributed by atoms with Crippen LogP contribution in [0.25, 0.3) is 0 Å². The number of hydrogen-bond acceptors (Lipinski definition) is 1. The van der Waals surface area contributed by atoms with Crippen LogP contribution in [0.4, 0.5) is 0 Å². The van der Waals surface area contributed by atoms with Crippen molar-refractivity contribution >= 4 is 5.97 Å². The van der Waals surface area contributed by atoms with E-state index in [4.69, 9.17) is 5.11 Å². The minimum absolute atomic E-state index is 0.0916. The van der Waals surface area contributed by atoms with Crippen LogP contribution in [0.2, 0.25) is 0 Å². The van der Waals surface area contributed by atoms with Crippen molar-refractivity contribution in [1.29, 1.82) is 0 Å². The number of carboxylic acid groups (broad SMARTS) is 1. The fraction of sp³-hybridized carbons (Fsp3) is 0.929. The summed E-state index contributed by atoms with van der Waals surface area (Å²) in [6, 6.07) is 0. The topological polar surface area (TPSA) is 37.3 Å². The molecule has 0 fully saturated rings. The van der Waals surface area contributed by atoms with Gasteiger partial charge in [-0.1, -0.05) is 65.2 Å². The van der Waals surface area contributed by atoms with E-state index < -0.39 is 5.97 Å². The molecule has 0 aromatic carbocycles. The molecule has 2 heteroatoms. The van der Waals surface area contributed by atoms with Crippen molar-refractivity contribution < 1.29 is 9.90 Å². The Hall–Kier alpha value is -0.530. The number of hydrogen-bond donors (Lipinski definition) is 1. The van der Waals surface area contributed by atoms with E-state index in [1.807, 2.05) is 0 Å². The van der Waals surface area contributed by atoms with Gasteiger partial charge in [0, 0.05) is 0 Å². The zero-order valence-corrected chi connectivity index (χ0v) is 11.0. The summed E-state index contributed by atoms with van der Waals surface area (Å²) in [7, 11) is 0. The lowest BCUT2D eigenvalue weighted by Crippen LogP contribution is -2.13. The first kappa shape index (κ1) is 15.5. The highest BCUT2D eigenvalue weighted by molar-refractivity contribution is 5.69. The molecule has 2 nitrogen and oxygen atoms in total. The highest BCUT2D eigenvalue weighted by Gasteiger charge is 2.15. The molecule has 96 valence electrons. The second-order valence-electron chi connectivity index (χ2n) is 4.73. The molecule has 0 unspecified atom stereocenters. The van der Waals surface area contributed by atoms with Crippen LogP contribution in [-0.4, -0.2) is 11.1 Å². The van der Waals surface area contributed by atoms with E-state index in [2.05, 4.69) is 13.8 Å². The molecule has 1 atom stereocenters. The van der Waals surface area contributed by atoms with Crippen LogP contribution in [0.15, 0.2) is 0 Å². The molecule has 16 heavy (non-hydrogen) atoms. The van der Waals surface area contributed by atoms with Crippen molar-refractivity contribution in [1.82, 2.24) is 0 Å². The third-order valence-corrected chi connectivity index (χ3v) is 3.16. The molecule has 0 aliphatic heterocycles. The SMILES string of the molecule is CCCCCCCC[C@@H](CCCC)C(=O)O. The van der Waals surface area contributed by atoms with Gasteiger partial charge in [0.25, 0.3) is 0 Å². The van der Waals surface area contributed by atoms with E-state index in [-0.39, 0.29) is 5.92 Å². The van der Waals surface area contributed by atoms with Crippen LogP contribution in [0.1, 0.15) is 78.1 Å². The normalized spacial score (nSPS) is 12.6. The van der Waals surface area contributed by atoms with Crippen molar-refractivity contribution in [3.05, 3.63) is 0 Å². The standard InChI is InChI=1S/C14H28O2/c1-3-5-7-8-9-10-12-13(14(15)16)11-6-4-2/h13H,3-12H2,1-2H3,(H,15,16)/t13-/m1/s1. The van der Waals surface area contributed by atoms with Crippen molar-refractivity contribution in [3.63, 3.8) is 0 Å². The van der Waals surface area contributed by atoms with Crippen molar-refractivity contribution in [2.24, 2.45) is 5.92 Å². The molecule has 0 radical (unpaired) electrons. The van der Waals surface area contributed by atoms with Gasteiger partial charge in [-0.2, -0.15) is 0 Å². The maximum atomic E-state index is 11.0. The number of carboxylic acids is 1. The summed E-state index contributed by atoms with van der Waals surface area (Å²) in [5.41, 5.74) is 0. The van der Waals surface area contributed by atoms with Gasteiger partial charge in [0.1, 0.15) is 0 Å². The van der Waals surface area contributed by atoms with Crippen molar-refractivity contribution in [2.45, 2.75) is 78.1 Å². The summed E-state index contributed by atoms with van der Waals surface area (Å²) >= 11 is 0. The summed E-state index contributed by atoms with van der Waals surface area (Å²) in [6.07, 6.45) is 11.3. The first-order valence-electron chi connectivity index (χ1n) is 6.95. The van der Waals surface area contributed by atoms with Gasteiger partial charge < -0.3 is 5.11 Å². The highest BCUT2D eigenvalue weighted by Crippen LogP contribution is 2.17. The summed E-state index contributed by atoms with van der Waals surface area (Å²) in [5, 5.41) is 9.04. The van der Waals surface area contributed by atoms with Crippen LogP contribution in [0, 0.1) is 5.92 Å². The summed E-state index contributed by atoms with van der Waals surface area (Å²) < 4.78 is 0. The molecule has 0 aromatic rings. The fourth-order valence-corrected chi connectivity index (χ4v) is 2.01. The molecule has 0 saturated carbocycles. The molecule has 0 spiro atoms. The smallest absolute Gasteiger partial charge is 0.306 e. The van der Waals surface area contributed by atoms with Crippen LogP contribution in [0.3, 0.4) is 0 Å². The van der Waals surface area contributed by atoms with E-state index in [1.54, 1.807) is 0 Å². The van der Waals surface area contributed by atoms with Gasteiger partial charge in [-0.05, 0) is 12.8 Å². The average Bonchev–Trinajstić information content (AvgIpc) is 2.26. The quantitative estimate of drug-likeness (QED) is 0.523. The van der Waals surface area contributed by atoms with Gasteiger partial charge in [0.15, 0.2) is 0 Å². The Balaban J connectivity index is 3.48. The predicted octanol–water partition coefficient (Wildman–Crippen LogP) is 4.63. The van der Waals surface area contributed by atoms with Gasteiger partial charge in [-0.15, -0.1) is 0 Å². The van der Waals surface area contributed by atoms with Crippen LogP contribution < -0.4 is 0 Å². The molecule has 0 heterocycles. The van der Waals surface area contributed by atoms with Gasteiger partial charge in [0.05, 0.1) is 5.92 Å². The largest absolute Gasteiger partial charge is 0.481 e. The van der Waals surface area contributed by atoms with Gasteiger partial charge in [-0.25, -0.2) is 0 Å². The van der Waals surface area contributed by atoms with Gasteiger partial charge in [-0.3, -0.25) is 4.79 Å². The third-order valence-electron chi connectivity index (χ3n) is 3.16. The lowest BCUT2D eigenvalue weighted by molar-refractivity contribution is -0.142. The van der Waals surface area contributed by atoms with Crippen LogP contribution in [0.5, 0.6) is 0 Å². The Kier molecular flexibility index (Phi) is 10.6. The Labute approximate surface area is 100 Å². The second kappa shape index (κ2) is 11.0. The number of rotatable bonds is 11. The first-order valence-corrected chi connectivity index (χ1v) is 6.95. The maximum absolute atomic E-state index is 11.0. The van der Waals surface area contributed by atoms with Crippen molar-refractivity contribution in [2.75, 3.05) is 0 Å². The number of carbonyl (C=O) groups is 1. The van der Waals surface area contributed by atoms with Gasteiger partial charge in [0.2, 0.25) is 0 Å². The molecule has 1 N–H and O–H groups in total. The number of unbranched alkanes of at least 4 members (excludes halogenated alkanes) is 6. The lowest BCUT2D eigenvalue weighted by Gasteiger charge is -2.11. The zero-order valence-electron chi connectivity index (χ0n) is 11.0. The Morgan fingerprint density at radius 2 is 1.38 bits per heavy atom. The molecule has 0 amide bonds. The van der Waals surface area contributed by atoms with E-state index in [1.165, 1.54) is 32.1 Å². The van der Waals surface area contributed by atoms with E-state index >= 15 is 0 Å². The fourth-order valence-electron chi connectivity index (χ4n) is 2.01. The molecule has 0 aliphatic carbocycles. The van der Waals surface area contributed by atoms with Crippen LogP contribution >= 0.6 is 0 Å². The highest BCUT2D eigenvalue weighted by atomic mass is 16.4. The molecule has 0 bridgehead atoms. The molecule has 0 aliphatic rings. The van der Waals surface area contributed by atoms with E-state index in [0.717, 1.165) is 32.1 Å².